The lowest BCUT2D eigenvalue weighted by molar-refractivity contribution is 0.817. The molecule has 0 aliphatic rings. The molecule has 0 amide bonds. The summed E-state index contributed by atoms with van der Waals surface area (Å²) in [5.74, 6) is 0. The summed E-state index contributed by atoms with van der Waals surface area (Å²) in [6, 6.07) is 16.4. The summed E-state index contributed by atoms with van der Waals surface area (Å²) in [7, 11) is 0. The Morgan fingerprint density at radius 1 is 1.11 bits per heavy atom. The summed E-state index contributed by atoms with van der Waals surface area (Å²) >= 11 is 1.63. The van der Waals surface area contributed by atoms with Crippen LogP contribution in [0.3, 0.4) is 0 Å². The summed E-state index contributed by atoms with van der Waals surface area (Å²) < 4.78 is 0. The Labute approximate surface area is 116 Å². The van der Waals surface area contributed by atoms with Crippen LogP contribution in [-0.2, 0) is 0 Å². The standard InChI is InChI=1S/C15H15N3S/c1-10(16)11-6-8-12(9-7-11)19-15-17-13-4-2-3-5-14(13)18-15/h2-10H,16H2,1H3,(H,17,18)/t10-/m1/s1. The van der Waals surface area contributed by atoms with Gasteiger partial charge in [-0.2, -0.15) is 0 Å². The Balaban J connectivity index is 1.84. The van der Waals surface area contributed by atoms with Crippen LogP contribution < -0.4 is 5.73 Å². The van der Waals surface area contributed by atoms with Gasteiger partial charge in [0.15, 0.2) is 5.16 Å². The molecule has 3 nitrogen and oxygen atoms in total. The SMILES string of the molecule is C[C@@H](N)c1ccc(Sc2nc3ccccc3[nH]2)cc1. The largest absolute Gasteiger partial charge is 0.333 e. The fourth-order valence-electron chi connectivity index (χ4n) is 1.93. The first kappa shape index (κ1) is 12.3. The van der Waals surface area contributed by atoms with Gasteiger partial charge in [-0.3, -0.25) is 0 Å². The number of rotatable bonds is 3. The summed E-state index contributed by atoms with van der Waals surface area (Å²) in [4.78, 5) is 9.01. The Morgan fingerprint density at radius 2 is 1.84 bits per heavy atom. The average molecular weight is 269 g/mol. The van der Waals surface area contributed by atoms with E-state index in [4.69, 9.17) is 5.73 Å². The number of nitrogens with two attached hydrogens (primary N) is 1. The first-order valence-electron chi connectivity index (χ1n) is 6.20. The molecule has 0 aliphatic carbocycles. The van der Waals surface area contributed by atoms with Crippen molar-refractivity contribution in [3.05, 3.63) is 54.1 Å². The number of nitrogens with one attached hydrogen (secondary N) is 1. The van der Waals surface area contributed by atoms with Gasteiger partial charge in [-0.05, 0) is 36.8 Å². The second-order valence-corrected chi connectivity index (χ2v) is 5.58. The highest BCUT2D eigenvalue weighted by molar-refractivity contribution is 7.99. The van der Waals surface area contributed by atoms with Crippen molar-refractivity contribution < 1.29 is 0 Å². The van der Waals surface area contributed by atoms with Gasteiger partial charge < -0.3 is 10.7 Å². The zero-order chi connectivity index (χ0) is 13.2. The van der Waals surface area contributed by atoms with Crippen LogP contribution in [0.5, 0.6) is 0 Å². The molecular weight excluding hydrogens is 254 g/mol. The van der Waals surface area contributed by atoms with E-state index in [1.807, 2.05) is 31.2 Å². The Kier molecular flexibility index (Phi) is 3.27. The molecule has 1 heterocycles. The third-order valence-electron chi connectivity index (χ3n) is 2.99. The first-order valence-corrected chi connectivity index (χ1v) is 7.02. The molecule has 0 radical (unpaired) electrons. The third-order valence-corrected chi connectivity index (χ3v) is 3.88. The monoisotopic (exact) mass is 269 g/mol. The lowest BCUT2D eigenvalue weighted by Gasteiger charge is -2.05. The van der Waals surface area contributed by atoms with Gasteiger partial charge in [0.05, 0.1) is 11.0 Å². The second kappa shape index (κ2) is 5.07. The van der Waals surface area contributed by atoms with Crippen molar-refractivity contribution in [1.29, 1.82) is 0 Å². The number of imidazole rings is 1. The summed E-state index contributed by atoms with van der Waals surface area (Å²) in [5.41, 5.74) is 9.05. The van der Waals surface area contributed by atoms with Gasteiger partial charge in [-0.15, -0.1) is 0 Å². The van der Waals surface area contributed by atoms with E-state index in [0.717, 1.165) is 26.6 Å². The van der Waals surface area contributed by atoms with Crippen molar-refractivity contribution in [2.45, 2.75) is 23.0 Å². The number of hydrogen-bond acceptors (Lipinski definition) is 3. The molecule has 1 aromatic heterocycles. The summed E-state index contributed by atoms with van der Waals surface area (Å²) in [6.45, 7) is 1.99. The molecule has 2 aromatic carbocycles. The first-order chi connectivity index (χ1) is 9.22. The molecule has 96 valence electrons. The molecule has 0 bridgehead atoms. The van der Waals surface area contributed by atoms with Crippen LogP contribution in [0.15, 0.2) is 58.6 Å². The van der Waals surface area contributed by atoms with Crippen molar-refractivity contribution in [2.24, 2.45) is 5.73 Å². The van der Waals surface area contributed by atoms with Gasteiger partial charge in [0.1, 0.15) is 0 Å². The molecule has 3 N–H and O–H groups in total. The zero-order valence-corrected chi connectivity index (χ0v) is 11.4. The molecule has 0 spiro atoms. The minimum atomic E-state index is 0.0743. The number of para-hydroxylation sites is 2. The molecule has 0 fully saturated rings. The molecule has 3 rings (SSSR count). The fourth-order valence-corrected chi connectivity index (χ4v) is 2.73. The van der Waals surface area contributed by atoms with E-state index in [9.17, 15) is 0 Å². The molecule has 3 aromatic rings. The van der Waals surface area contributed by atoms with E-state index in [1.165, 1.54) is 0 Å². The number of hydrogen-bond donors (Lipinski definition) is 2. The topological polar surface area (TPSA) is 54.7 Å². The van der Waals surface area contributed by atoms with Gasteiger partial charge in [0.2, 0.25) is 0 Å². The van der Waals surface area contributed by atoms with Gasteiger partial charge in [0.25, 0.3) is 0 Å². The van der Waals surface area contributed by atoms with E-state index >= 15 is 0 Å². The molecule has 19 heavy (non-hydrogen) atoms. The quantitative estimate of drug-likeness (QED) is 0.761. The van der Waals surface area contributed by atoms with Crippen LogP contribution in [0, 0.1) is 0 Å². The maximum absolute atomic E-state index is 5.84. The minimum absolute atomic E-state index is 0.0743. The normalized spacial score (nSPS) is 12.7. The Morgan fingerprint density at radius 3 is 2.53 bits per heavy atom. The van der Waals surface area contributed by atoms with Crippen LogP contribution in [0.1, 0.15) is 18.5 Å². The highest BCUT2D eigenvalue weighted by Gasteiger charge is 2.05. The van der Waals surface area contributed by atoms with Crippen molar-refractivity contribution >= 4 is 22.8 Å². The van der Waals surface area contributed by atoms with Gasteiger partial charge >= 0.3 is 0 Å². The number of H-pyrrole nitrogens is 1. The smallest absolute Gasteiger partial charge is 0.171 e. The summed E-state index contributed by atoms with van der Waals surface area (Å²) in [5, 5.41) is 0.912. The van der Waals surface area contributed by atoms with Crippen molar-refractivity contribution in [3.63, 3.8) is 0 Å². The van der Waals surface area contributed by atoms with Crippen LogP contribution in [0.25, 0.3) is 11.0 Å². The molecule has 4 heteroatoms. The molecule has 0 saturated carbocycles. The van der Waals surface area contributed by atoms with Crippen LogP contribution >= 0.6 is 11.8 Å². The Hall–Kier alpha value is -1.78. The van der Waals surface area contributed by atoms with E-state index in [1.54, 1.807) is 11.8 Å². The summed E-state index contributed by atoms with van der Waals surface area (Å²) in [6.07, 6.45) is 0. The lowest BCUT2D eigenvalue weighted by atomic mass is 10.1. The molecule has 0 aliphatic heterocycles. The van der Waals surface area contributed by atoms with Crippen molar-refractivity contribution in [1.82, 2.24) is 9.97 Å². The number of fused-ring (bicyclic) bond motifs is 1. The van der Waals surface area contributed by atoms with E-state index in [-0.39, 0.29) is 6.04 Å². The molecule has 0 saturated heterocycles. The maximum atomic E-state index is 5.84. The van der Waals surface area contributed by atoms with Crippen LogP contribution in [0.2, 0.25) is 0 Å². The highest BCUT2D eigenvalue weighted by Crippen LogP contribution is 2.27. The lowest BCUT2D eigenvalue weighted by Crippen LogP contribution is -2.04. The van der Waals surface area contributed by atoms with Gasteiger partial charge in [0, 0.05) is 10.9 Å². The maximum Gasteiger partial charge on any atom is 0.171 e. The zero-order valence-electron chi connectivity index (χ0n) is 10.6. The highest BCUT2D eigenvalue weighted by atomic mass is 32.2. The van der Waals surface area contributed by atoms with E-state index in [0.29, 0.717) is 0 Å². The van der Waals surface area contributed by atoms with Crippen LogP contribution in [0.4, 0.5) is 0 Å². The van der Waals surface area contributed by atoms with Crippen molar-refractivity contribution in [3.8, 4) is 0 Å². The molecular formula is C15H15N3S. The fraction of sp³-hybridized carbons (Fsp3) is 0.133. The Bertz CT molecular complexity index is 653. The van der Waals surface area contributed by atoms with E-state index < -0.39 is 0 Å². The van der Waals surface area contributed by atoms with E-state index in [2.05, 4.69) is 34.2 Å². The third kappa shape index (κ3) is 2.64. The van der Waals surface area contributed by atoms with Crippen LogP contribution in [-0.4, -0.2) is 9.97 Å². The number of aromatic nitrogens is 2. The molecule has 0 unspecified atom stereocenters. The number of aromatic amines is 1. The number of nitrogens with zero attached hydrogens (tertiary/aromatic N) is 1. The second-order valence-electron chi connectivity index (χ2n) is 4.52. The van der Waals surface area contributed by atoms with Crippen molar-refractivity contribution in [2.75, 3.05) is 0 Å². The average Bonchev–Trinajstić information content (AvgIpc) is 2.81. The predicted molar refractivity (Wildman–Crippen MR) is 79.3 cm³/mol. The van der Waals surface area contributed by atoms with Gasteiger partial charge in [-0.1, -0.05) is 36.0 Å². The predicted octanol–water partition coefficient (Wildman–Crippen LogP) is 3.73. The minimum Gasteiger partial charge on any atom is -0.333 e. The molecule has 1 atom stereocenters. The number of benzene rings is 2. The van der Waals surface area contributed by atoms with Gasteiger partial charge in [-0.25, -0.2) is 4.98 Å².